The standard InChI is InChI=1S/C12H14O4S/c1-9(13)15-7-11(8-16-10(2)14)6-12-4-3-5-17-12/h3-6H,7-8H2,1-2H3. The van der Waals surface area contributed by atoms with E-state index in [4.69, 9.17) is 9.47 Å². The average Bonchev–Trinajstić information content (AvgIpc) is 2.74. The number of hydrogen-bond acceptors (Lipinski definition) is 5. The van der Waals surface area contributed by atoms with E-state index in [2.05, 4.69) is 0 Å². The van der Waals surface area contributed by atoms with Crippen LogP contribution in [0.1, 0.15) is 18.7 Å². The number of esters is 2. The van der Waals surface area contributed by atoms with Gasteiger partial charge in [0, 0.05) is 24.3 Å². The van der Waals surface area contributed by atoms with Gasteiger partial charge in [0.1, 0.15) is 13.2 Å². The normalized spacial score (nSPS) is 9.53. The Balaban J connectivity index is 2.64. The molecule has 17 heavy (non-hydrogen) atoms. The van der Waals surface area contributed by atoms with Gasteiger partial charge in [-0.1, -0.05) is 6.07 Å². The topological polar surface area (TPSA) is 52.6 Å². The molecule has 0 N–H and O–H groups in total. The molecule has 0 aliphatic carbocycles. The van der Waals surface area contributed by atoms with Crippen molar-refractivity contribution in [3.8, 4) is 0 Å². The van der Waals surface area contributed by atoms with Crippen LogP contribution in [0.4, 0.5) is 0 Å². The molecule has 0 amide bonds. The third-order valence-electron chi connectivity index (χ3n) is 1.81. The molecule has 4 nitrogen and oxygen atoms in total. The van der Waals surface area contributed by atoms with Crippen molar-refractivity contribution in [3.63, 3.8) is 0 Å². The summed E-state index contributed by atoms with van der Waals surface area (Å²) in [6.45, 7) is 2.96. The van der Waals surface area contributed by atoms with Crippen LogP contribution in [0.15, 0.2) is 23.1 Å². The molecule has 0 saturated carbocycles. The molecule has 0 aromatic carbocycles. The zero-order valence-electron chi connectivity index (χ0n) is 9.76. The number of hydrogen-bond donors (Lipinski definition) is 0. The van der Waals surface area contributed by atoms with Crippen LogP contribution in [-0.2, 0) is 19.1 Å². The second-order valence-corrected chi connectivity index (χ2v) is 4.36. The van der Waals surface area contributed by atoms with E-state index in [9.17, 15) is 9.59 Å². The third-order valence-corrected chi connectivity index (χ3v) is 2.63. The molecule has 0 aliphatic rings. The SMILES string of the molecule is CC(=O)OCC(=Cc1cccs1)COC(C)=O. The summed E-state index contributed by atoms with van der Waals surface area (Å²) in [4.78, 5) is 22.5. The second-order valence-electron chi connectivity index (χ2n) is 3.38. The minimum absolute atomic E-state index is 0.139. The van der Waals surface area contributed by atoms with E-state index in [1.807, 2.05) is 23.6 Å². The maximum absolute atomic E-state index is 10.7. The fraction of sp³-hybridized carbons (Fsp3) is 0.333. The molecule has 0 fully saturated rings. The smallest absolute Gasteiger partial charge is 0.302 e. The Kier molecular flexibility index (Phi) is 5.42. The van der Waals surface area contributed by atoms with E-state index in [-0.39, 0.29) is 25.2 Å². The fourth-order valence-electron chi connectivity index (χ4n) is 1.09. The Bertz CT molecular complexity index is 386. The summed E-state index contributed by atoms with van der Waals surface area (Å²) in [6, 6.07) is 3.86. The predicted molar refractivity (Wildman–Crippen MR) is 65.6 cm³/mol. The van der Waals surface area contributed by atoms with E-state index in [1.54, 1.807) is 11.3 Å². The summed E-state index contributed by atoms with van der Waals surface area (Å²) in [5, 5.41) is 1.95. The van der Waals surface area contributed by atoms with Gasteiger partial charge in [0.25, 0.3) is 0 Å². The highest BCUT2D eigenvalue weighted by molar-refractivity contribution is 7.10. The van der Waals surface area contributed by atoms with Crippen molar-refractivity contribution in [2.45, 2.75) is 13.8 Å². The van der Waals surface area contributed by atoms with Crippen LogP contribution in [0.3, 0.4) is 0 Å². The molecule has 1 aromatic rings. The number of thiophene rings is 1. The van der Waals surface area contributed by atoms with Crippen molar-refractivity contribution in [1.29, 1.82) is 0 Å². The van der Waals surface area contributed by atoms with Crippen LogP contribution in [0.5, 0.6) is 0 Å². The Hall–Kier alpha value is -1.62. The summed E-state index contributed by atoms with van der Waals surface area (Å²) in [6.07, 6.45) is 1.86. The molecule has 1 rings (SSSR count). The maximum Gasteiger partial charge on any atom is 0.302 e. The Morgan fingerprint density at radius 2 is 1.82 bits per heavy atom. The Morgan fingerprint density at radius 3 is 2.24 bits per heavy atom. The van der Waals surface area contributed by atoms with E-state index in [1.165, 1.54) is 13.8 Å². The van der Waals surface area contributed by atoms with Crippen LogP contribution in [0, 0.1) is 0 Å². The molecule has 0 aliphatic heterocycles. The summed E-state index contributed by atoms with van der Waals surface area (Å²) < 4.78 is 9.78. The molecule has 0 atom stereocenters. The maximum atomic E-state index is 10.7. The molecule has 1 aromatic heterocycles. The third kappa shape index (κ3) is 5.87. The highest BCUT2D eigenvalue weighted by Gasteiger charge is 2.04. The summed E-state index contributed by atoms with van der Waals surface area (Å²) >= 11 is 1.56. The molecule has 0 saturated heterocycles. The summed E-state index contributed by atoms with van der Waals surface area (Å²) in [5.74, 6) is -0.713. The number of carbonyl (C=O) groups is 2. The van der Waals surface area contributed by atoms with Gasteiger partial charge in [0.2, 0.25) is 0 Å². The van der Waals surface area contributed by atoms with Gasteiger partial charge in [-0.25, -0.2) is 0 Å². The van der Waals surface area contributed by atoms with E-state index >= 15 is 0 Å². The average molecular weight is 254 g/mol. The number of ether oxygens (including phenoxy) is 2. The van der Waals surface area contributed by atoms with Crippen molar-refractivity contribution in [2.24, 2.45) is 0 Å². The molecular weight excluding hydrogens is 240 g/mol. The van der Waals surface area contributed by atoms with Gasteiger partial charge in [0.05, 0.1) is 0 Å². The molecule has 0 bridgehead atoms. The van der Waals surface area contributed by atoms with Crippen molar-refractivity contribution >= 4 is 29.4 Å². The fourth-order valence-corrected chi connectivity index (χ4v) is 1.79. The monoisotopic (exact) mass is 254 g/mol. The molecular formula is C12H14O4S. The van der Waals surface area contributed by atoms with Crippen molar-refractivity contribution in [1.82, 2.24) is 0 Å². The molecule has 5 heteroatoms. The van der Waals surface area contributed by atoms with Gasteiger partial charge in [-0.2, -0.15) is 0 Å². The highest BCUT2D eigenvalue weighted by atomic mass is 32.1. The largest absolute Gasteiger partial charge is 0.461 e. The minimum atomic E-state index is -0.357. The van der Waals surface area contributed by atoms with Gasteiger partial charge in [-0.15, -0.1) is 11.3 Å². The van der Waals surface area contributed by atoms with Crippen LogP contribution in [-0.4, -0.2) is 25.2 Å². The summed E-state index contributed by atoms with van der Waals surface area (Å²) in [7, 11) is 0. The lowest BCUT2D eigenvalue weighted by atomic mass is 10.2. The quantitative estimate of drug-likeness (QED) is 0.756. The van der Waals surface area contributed by atoms with Crippen molar-refractivity contribution in [2.75, 3.05) is 13.2 Å². The van der Waals surface area contributed by atoms with Gasteiger partial charge in [-0.05, 0) is 17.5 Å². The molecule has 0 spiro atoms. The first-order chi connectivity index (χ1) is 8.08. The molecule has 0 radical (unpaired) electrons. The molecule has 0 unspecified atom stereocenters. The lowest BCUT2D eigenvalue weighted by Crippen LogP contribution is -2.10. The molecule has 1 heterocycles. The summed E-state index contributed by atoms with van der Waals surface area (Å²) in [5.41, 5.74) is 0.748. The van der Waals surface area contributed by atoms with Gasteiger partial charge >= 0.3 is 11.9 Å². The van der Waals surface area contributed by atoms with E-state index in [0.717, 1.165) is 10.5 Å². The Morgan fingerprint density at radius 1 is 1.24 bits per heavy atom. The van der Waals surface area contributed by atoms with E-state index < -0.39 is 0 Å². The van der Waals surface area contributed by atoms with Crippen LogP contribution in [0.2, 0.25) is 0 Å². The van der Waals surface area contributed by atoms with Gasteiger partial charge < -0.3 is 9.47 Å². The molecule has 92 valence electrons. The van der Waals surface area contributed by atoms with Crippen LogP contribution in [0.25, 0.3) is 6.08 Å². The number of rotatable bonds is 5. The minimum Gasteiger partial charge on any atom is -0.461 e. The first-order valence-electron chi connectivity index (χ1n) is 5.07. The van der Waals surface area contributed by atoms with Gasteiger partial charge in [0.15, 0.2) is 0 Å². The van der Waals surface area contributed by atoms with Crippen molar-refractivity contribution < 1.29 is 19.1 Å². The van der Waals surface area contributed by atoms with Gasteiger partial charge in [-0.3, -0.25) is 9.59 Å². The Labute approximate surface area is 104 Å². The van der Waals surface area contributed by atoms with E-state index in [0.29, 0.717) is 0 Å². The first-order valence-corrected chi connectivity index (χ1v) is 5.95. The predicted octanol–water partition coefficient (Wildman–Crippen LogP) is 2.26. The second kappa shape index (κ2) is 6.85. The number of carbonyl (C=O) groups excluding carboxylic acids is 2. The lowest BCUT2D eigenvalue weighted by molar-refractivity contribution is -0.141. The van der Waals surface area contributed by atoms with Crippen LogP contribution >= 0.6 is 11.3 Å². The lowest BCUT2D eigenvalue weighted by Gasteiger charge is -2.07. The zero-order chi connectivity index (χ0) is 12.7. The van der Waals surface area contributed by atoms with Crippen molar-refractivity contribution in [3.05, 3.63) is 28.0 Å². The van der Waals surface area contributed by atoms with Crippen LogP contribution < -0.4 is 0 Å². The first kappa shape index (κ1) is 13.4. The highest BCUT2D eigenvalue weighted by Crippen LogP contribution is 2.14. The zero-order valence-corrected chi connectivity index (χ0v) is 10.6.